The second-order valence-electron chi connectivity index (χ2n) is 8.69. The first kappa shape index (κ1) is 25.9. The molecule has 2 saturated heterocycles. The van der Waals surface area contributed by atoms with E-state index in [1.54, 1.807) is 18.5 Å². The highest BCUT2D eigenvalue weighted by Crippen LogP contribution is 2.30. The fourth-order valence-corrected chi connectivity index (χ4v) is 4.34. The third kappa shape index (κ3) is 6.73. The van der Waals surface area contributed by atoms with Gasteiger partial charge >= 0.3 is 0 Å². The normalized spacial score (nSPS) is 15.4. The maximum Gasteiger partial charge on any atom is 0.219 e. The van der Waals surface area contributed by atoms with Gasteiger partial charge in [-0.15, -0.1) is 6.58 Å². The zero-order valence-electron chi connectivity index (χ0n) is 21.2. The molecule has 0 radical (unpaired) electrons. The van der Waals surface area contributed by atoms with Crippen molar-refractivity contribution in [1.29, 1.82) is 0 Å². The first-order chi connectivity index (χ1) is 18.1. The summed E-state index contributed by atoms with van der Waals surface area (Å²) in [6.07, 6.45) is 5.89. The number of rotatable bonds is 6. The van der Waals surface area contributed by atoms with Crippen molar-refractivity contribution < 1.29 is 9.53 Å². The highest BCUT2D eigenvalue weighted by Gasteiger charge is 2.21. The van der Waals surface area contributed by atoms with Gasteiger partial charge in [0.25, 0.3) is 0 Å². The number of hydrogen-bond donors (Lipinski definition) is 2. The summed E-state index contributed by atoms with van der Waals surface area (Å²) in [5, 5.41) is 2.73. The molecule has 3 N–H and O–H groups in total. The Bertz CT molecular complexity index is 1170. The lowest BCUT2D eigenvalue weighted by atomic mass is 10.1. The van der Waals surface area contributed by atoms with Gasteiger partial charge in [0.15, 0.2) is 0 Å². The smallest absolute Gasteiger partial charge is 0.219 e. The van der Waals surface area contributed by atoms with E-state index in [1.165, 1.54) is 0 Å². The molecule has 4 heterocycles. The van der Waals surface area contributed by atoms with Gasteiger partial charge in [0, 0.05) is 80.4 Å². The Hall–Kier alpha value is -4.18. The van der Waals surface area contributed by atoms with E-state index >= 15 is 0 Å². The zero-order chi connectivity index (χ0) is 26.0. The number of carbonyl (C=O) groups excluding carboxylic acids is 1. The number of nitrogens with zero attached hydrogens (tertiary/aromatic N) is 6. The summed E-state index contributed by atoms with van der Waals surface area (Å²) in [6, 6.07) is 12.2. The van der Waals surface area contributed by atoms with Crippen molar-refractivity contribution in [1.82, 2.24) is 15.0 Å². The number of carbonyl (C=O) groups is 1. The van der Waals surface area contributed by atoms with Gasteiger partial charge in [0.2, 0.25) is 12.4 Å². The van der Waals surface area contributed by atoms with Gasteiger partial charge in [-0.25, -0.2) is 15.0 Å². The van der Waals surface area contributed by atoms with Crippen LogP contribution in [0.15, 0.2) is 61.4 Å². The van der Waals surface area contributed by atoms with E-state index in [9.17, 15) is 4.79 Å². The third-order valence-corrected chi connectivity index (χ3v) is 6.18. The highest BCUT2D eigenvalue weighted by atomic mass is 16.5. The lowest BCUT2D eigenvalue weighted by molar-refractivity contribution is -0.105. The average Bonchev–Trinajstić information content (AvgIpc) is 2.95. The van der Waals surface area contributed by atoms with Crippen LogP contribution < -0.4 is 25.8 Å². The van der Waals surface area contributed by atoms with Gasteiger partial charge in [0.1, 0.15) is 5.82 Å². The molecule has 0 bridgehead atoms. The van der Waals surface area contributed by atoms with Crippen LogP contribution in [-0.2, 0) is 9.53 Å². The van der Waals surface area contributed by atoms with Crippen LogP contribution in [-0.4, -0.2) is 73.8 Å². The van der Waals surface area contributed by atoms with Crippen LogP contribution in [0, 0.1) is 0 Å². The summed E-state index contributed by atoms with van der Waals surface area (Å²) < 4.78 is 5.53. The van der Waals surface area contributed by atoms with Crippen molar-refractivity contribution in [2.75, 3.05) is 78.2 Å². The van der Waals surface area contributed by atoms with Crippen molar-refractivity contribution in [2.24, 2.45) is 0 Å². The number of nitrogens with one attached hydrogen (secondary N) is 1. The fourth-order valence-electron chi connectivity index (χ4n) is 4.34. The second-order valence-corrected chi connectivity index (χ2v) is 8.69. The van der Waals surface area contributed by atoms with E-state index < -0.39 is 0 Å². The zero-order valence-corrected chi connectivity index (χ0v) is 21.2. The predicted octanol–water partition coefficient (Wildman–Crippen LogP) is 3.04. The molecular formula is C27H34N8O2. The van der Waals surface area contributed by atoms with Crippen LogP contribution in [0.5, 0.6) is 0 Å². The van der Waals surface area contributed by atoms with Gasteiger partial charge in [-0.05, 0) is 31.2 Å². The molecule has 2 aromatic heterocycles. The number of nitrogens with two attached hydrogens (primary N) is 1. The number of hydrogen-bond acceptors (Lipinski definition) is 9. The number of ether oxygens (including phenoxy) is 1. The molecule has 3 aromatic rings. The van der Waals surface area contributed by atoms with Gasteiger partial charge in [-0.1, -0.05) is 12.1 Å². The molecule has 5 rings (SSSR count). The van der Waals surface area contributed by atoms with Crippen molar-refractivity contribution in [3.63, 3.8) is 0 Å². The van der Waals surface area contributed by atoms with E-state index in [4.69, 9.17) is 15.5 Å². The number of aromatic nitrogens is 3. The van der Waals surface area contributed by atoms with Crippen molar-refractivity contribution in [2.45, 2.75) is 6.92 Å². The SMILES string of the molecule is C=CC.Nc1ncc(-c2cc(N3CCN(c4cccc(NC=O)c4)CC3)cc(N3CCOCC3)n2)cn1. The molecule has 2 fully saturated rings. The van der Waals surface area contributed by atoms with Gasteiger partial charge < -0.3 is 30.5 Å². The standard InChI is InChI=1S/C24H28N8O2.C3H6/c25-24-26-15-18(16-27-24)22-13-21(14-23(29-22)32-8-10-34-11-9-32)31-6-4-30(5-7-31)20-3-1-2-19(12-20)28-17-33;1-3-2/h1-3,12-17H,4-11H2,(H,28,33)(H2,25,26,27);3H,1H2,2H3. The Balaban J connectivity index is 0.00000102. The number of allylic oxidation sites excluding steroid dienone is 1. The quantitative estimate of drug-likeness (QED) is 0.388. The van der Waals surface area contributed by atoms with Crippen LogP contribution in [0.25, 0.3) is 11.3 Å². The number of nitrogen functional groups attached to an aromatic ring is 1. The Morgan fingerprint density at radius 1 is 0.946 bits per heavy atom. The molecular weight excluding hydrogens is 468 g/mol. The minimum atomic E-state index is 0.247. The fraction of sp³-hybridized carbons (Fsp3) is 0.333. The first-order valence-corrected chi connectivity index (χ1v) is 12.4. The molecule has 0 unspecified atom stereocenters. The number of pyridine rings is 1. The maximum absolute atomic E-state index is 10.8. The van der Waals surface area contributed by atoms with Gasteiger partial charge in [0.05, 0.1) is 18.9 Å². The largest absolute Gasteiger partial charge is 0.378 e. The summed E-state index contributed by atoms with van der Waals surface area (Å²) in [5.74, 6) is 1.18. The van der Waals surface area contributed by atoms with E-state index in [2.05, 4.69) is 54.8 Å². The molecule has 1 amide bonds. The molecule has 0 spiro atoms. The Labute approximate surface area is 217 Å². The molecule has 1 aromatic carbocycles. The minimum absolute atomic E-state index is 0.247. The average molecular weight is 503 g/mol. The van der Waals surface area contributed by atoms with E-state index in [0.29, 0.717) is 19.6 Å². The molecule has 37 heavy (non-hydrogen) atoms. The van der Waals surface area contributed by atoms with Crippen LogP contribution in [0.3, 0.4) is 0 Å². The van der Waals surface area contributed by atoms with Crippen LogP contribution >= 0.6 is 0 Å². The Morgan fingerprint density at radius 2 is 1.59 bits per heavy atom. The van der Waals surface area contributed by atoms with Gasteiger partial charge in [-0.3, -0.25) is 4.79 Å². The predicted molar refractivity (Wildman–Crippen MR) is 149 cm³/mol. The Kier molecular flexibility index (Phi) is 8.88. The van der Waals surface area contributed by atoms with Crippen molar-refractivity contribution >= 4 is 35.2 Å². The van der Waals surface area contributed by atoms with Crippen LogP contribution in [0.2, 0.25) is 0 Å². The van der Waals surface area contributed by atoms with Crippen LogP contribution in [0.1, 0.15) is 6.92 Å². The van der Waals surface area contributed by atoms with Crippen LogP contribution in [0.4, 0.5) is 28.8 Å². The lowest BCUT2D eigenvalue weighted by Crippen LogP contribution is -2.46. The topological polar surface area (TPSA) is 113 Å². The second kappa shape index (κ2) is 12.7. The number of anilines is 5. The summed E-state index contributed by atoms with van der Waals surface area (Å²) >= 11 is 0. The highest BCUT2D eigenvalue weighted by molar-refractivity contribution is 5.74. The van der Waals surface area contributed by atoms with Crippen molar-refractivity contribution in [3.05, 3.63) is 61.4 Å². The van der Waals surface area contributed by atoms with E-state index in [-0.39, 0.29) is 5.95 Å². The van der Waals surface area contributed by atoms with Crippen molar-refractivity contribution in [3.8, 4) is 11.3 Å². The monoisotopic (exact) mass is 502 g/mol. The summed E-state index contributed by atoms with van der Waals surface area (Å²) in [7, 11) is 0. The molecule has 194 valence electrons. The lowest BCUT2D eigenvalue weighted by Gasteiger charge is -2.38. The molecule has 2 aliphatic heterocycles. The third-order valence-electron chi connectivity index (χ3n) is 6.18. The molecule has 2 aliphatic rings. The maximum atomic E-state index is 10.8. The van der Waals surface area contributed by atoms with E-state index in [1.807, 2.05) is 25.1 Å². The molecule has 10 nitrogen and oxygen atoms in total. The summed E-state index contributed by atoms with van der Waals surface area (Å²) in [5.41, 5.74) is 10.4. The minimum Gasteiger partial charge on any atom is -0.378 e. The Morgan fingerprint density at radius 3 is 2.24 bits per heavy atom. The number of benzene rings is 1. The summed E-state index contributed by atoms with van der Waals surface area (Å²) in [6.45, 7) is 11.8. The number of piperazine rings is 1. The molecule has 0 aliphatic carbocycles. The molecule has 10 heteroatoms. The molecule has 0 atom stereocenters. The van der Waals surface area contributed by atoms with E-state index in [0.717, 1.165) is 73.4 Å². The number of amides is 1. The first-order valence-electron chi connectivity index (χ1n) is 12.4. The summed E-state index contributed by atoms with van der Waals surface area (Å²) in [4.78, 5) is 31.0. The number of morpholine rings is 1. The molecule has 0 saturated carbocycles. The van der Waals surface area contributed by atoms with Gasteiger partial charge in [-0.2, -0.15) is 0 Å².